The zero-order valence-corrected chi connectivity index (χ0v) is 14.7. The topological polar surface area (TPSA) is 72.9 Å². The lowest BCUT2D eigenvalue weighted by molar-refractivity contribution is -0.142. The summed E-state index contributed by atoms with van der Waals surface area (Å²) in [6.07, 6.45) is 1.58. The fourth-order valence-electron chi connectivity index (χ4n) is 2.34. The number of hydrogen-bond donors (Lipinski definition) is 0. The van der Waals surface area contributed by atoms with Gasteiger partial charge < -0.3 is 9.47 Å². The maximum atomic E-state index is 12.6. The second kappa shape index (κ2) is 7.88. The largest absolute Gasteiger partial charge is 0.481 e. The first-order chi connectivity index (χ1) is 12.6. The van der Waals surface area contributed by atoms with Crippen LogP contribution < -0.4 is 9.64 Å². The molecule has 0 atom stereocenters. The van der Waals surface area contributed by atoms with E-state index in [2.05, 4.69) is 4.74 Å². The number of carbonyl (C=O) groups is 3. The van der Waals surface area contributed by atoms with E-state index < -0.39 is 11.9 Å². The van der Waals surface area contributed by atoms with Gasteiger partial charge in [0.2, 0.25) is 0 Å². The molecule has 0 radical (unpaired) electrons. The fraction of sp³-hybridized carbons (Fsp3) is 0.105. The summed E-state index contributed by atoms with van der Waals surface area (Å²) >= 11 is 0.860. The predicted octanol–water partition coefficient (Wildman–Crippen LogP) is 3.48. The summed E-state index contributed by atoms with van der Waals surface area (Å²) in [4.78, 5) is 37.6. The summed E-state index contributed by atoms with van der Waals surface area (Å²) in [5.41, 5.74) is 1.11. The van der Waals surface area contributed by atoms with Gasteiger partial charge in [-0.25, -0.2) is 9.69 Å². The molecule has 26 heavy (non-hydrogen) atoms. The summed E-state index contributed by atoms with van der Waals surface area (Å²) in [6.45, 7) is -0.243. The van der Waals surface area contributed by atoms with Gasteiger partial charge in [-0.15, -0.1) is 0 Å². The van der Waals surface area contributed by atoms with Gasteiger partial charge in [-0.2, -0.15) is 0 Å². The maximum Gasteiger partial charge on any atom is 0.343 e. The number of thioether (sulfide) groups is 1. The van der Waals surface area contributed by atoms with E-state index >= 15 is 0 Å². The van der Waals surface area contributed by atoms with Crippen LogP contribution in [0.1, 0.15) is 5.56 Å². The van der Waals surface area contributed by atoms with Crippen LogP contribution in [0.15, 0.2) is 59.5 Å². The molecule has 3 rings (SSSR count). The van der Waals surface area contributed by atoms with Crippen molar-refractivity contribution in [3.63, 3.8) is 0 Å². The molecule has 1 heterocycles. The zero-order valence-electron chi connectivity index (χ0n) is 13.9. The molecule has 2 aromatic carbocycles. The van der Waals surface area contributed by atoms with Crippen molar-refractivity contribution in [2.75, 3.05) is 18.6 Å². The van der Waals surface area contributed by atoms with Gasteiger partial charge >= 0.3 is 5.97 Å². The number of carbonyl (C=O) groups excluding carboxylic acids is 3. The third-order valence-electron chi connectivity index (χ3n) is 3.59. The molecule has 0 saturated carbocycles. The molecule has 7 heteroatoms. The lowest BCUT2D eigenvalue weighted by Crippen LogP contribution is -2.27. The normalized spacial score (nSPS) is 15.4. The first-order valence-corrected chi connectivity index (χ1v) is 8.53. The van der Waals surface area contributed by atoms with Crippen molar-refractivity contribution in [1.82, 2.24) is 0 Å². The maximum absolute atomic E-state index is 12.6. The van der Waals surface area contributed by atoms with Crippen molar-refractivity contribution in [1.29, 1.82) is 0 Å². The van der Waals surface area contributed by atoms with E-state index in [4.69, 9.17) is 4.74 Å². The molecular weight excluding hydrogens is 354 g/mol. The molecule has 6 nitrogen and oxygen atoms in total. The highest BCUT2D eigenvalue weighted by atomic mass is 32.2. The first-order valence-electron chi connectivity index (χ1n) is 7.72. The van der Waals surface area contributed by atoms with Crippen molar-refractivity contribution in [3.8, 4) is 5.75 Å². The van der Waals surface area contributed by atoms with E-state index in [0.29, 0.717) is 17.0 Å². The lowest BCUT2D eigenvalue weighted by Gasteiger charge is -2.11. The van der Waals surface area contributed by atoms with Gasteiger partial charge in [0.15, 0.2) is 6.61 Å². The van der Waals surface area contributed by atoms with Crippen LogP contribution in [0.3, 0.4) is 0 Å². The monoisotopic (exact) mass is 369 g/mol. The molecule has 0 unspecified atom stereocenters. The number of imide groups is 1. The smallest absolute Gasteiger partial charge is 0.343 e. The summed E-state index contributed by atoms with van der Waals surface area (Å²) in [7, 11) is 1.27. The van der Waals surface area contributed by atoms with Gasteiger partial charge in [0, 0.05) is 5.56 Å². The number of hydrogen-bond acceptors (Lipinski definition) is 6. The van der Waals surface area contributed by atoms with Gasteiger partial charge in [-0.3, -0.25) is 9.59 Å². The average Bonchev–Trinajstić information content (AvgIpc) is 2.94. The van der Waals surface area contributed by atoms with E-state index in [-0.39, 0.29) is 16.8 Å². The fourth-order valence-corrected chi connectivity index (χ4v) is 3.17. The Morgan fingerprint density at radius 3 is 2.50 bits per heavy atom. The number of ether oxygens (including phenoxy) is 2. The molecule has 2 amide bonds. The van der Waals surface area contributed by atoms with Crippen molar-refractivity contribution < 1.29 is 23.9 Å². The molecule has 1 fully saturated rings. The zero-order chi connectivity index (χ0) is 18.5. The van der Waals surface area contributed by atoms with Gasteiger partial charge in [-0.1, -0.05) is 36.4 Å². The van der Waals surface area contributed by atoms with Gasteiger partial charge in [0.1, 0.15) is 5.75 Å². The SMILES string of the molecule is COC(=O)COc1ccccc1C=C1SC(=O)N(c2ccccc2)C1=O. The van der Waals surface area contributed by atoms with E-state index in [1.165, 1.54) is 7.11 Å². The lowest BCUT2D eigenvalue weighted by atomic mass is 10.2. The molecule has 132 valence electrons. The summed E-state index contributed by atoms with van der Waals surface area (Å²) in [6, 6.07) is 15.7. The molecule has 1 aliphatic rings. The Morgan fingerprint density at radius 2 is 1.77 bits per heavy atom. The Hall–Kier alpha value is -3.06. The van der Waals surface area contributed by atoms with Crippen LogP contribution in [0.2, 0.25) is 0 Å². The van der Waals surface area contributed by atoms with Crippen LogP contribution in [-0.4, -0.2) is 30.8 Å². The molecule has 0 N–H and O–H groups in total. The van der Waals surface area contributed by atoms with Crippen LogP contribution in [0.4, 0.5) is 10.5 Å². The first kappa shape index (κ1) is 17.8. The molecule has 0 aromatic heterocycles. The van der Waals surface area contributed by atoms with Crippen LogP contribution >= 0.6 is 11.8 Å². The van der Waals surface area contributed by atoms with E-state index in [9.17, 15) is 14.4 Å². The quantitative estimate of drug-likeness (QED) is 0.593. The number of amides is 2. The van der Waals surface area contributed by atoms with Crippen LogP contribution in [0.5, 0.6) is 5.75 Å². The summed E-state index contributed by atoms with van der Waals surface area (Å²) in [5, 5.41) is -0.361. The minimum Gasteiger partial charge on any atom is -0.481 e. The van der Waals surface area contributed by atoms with E-state index in [1.54, 1.807) is 54.6 Å². The highest BCUT2D eigenvalue weighted by Gasteiger charge is 2.36. The second-order valence-corrected chi connectivity index (χ2v) is 6.25. The van der Waals surface area contributed by atoms with E-state index in [0.717, 1.165) is 16.7 Å². The van der Waals surface area contributed by atoms with Crippen molar-refractivity contribution in [2.24, 2.45) is 0 Å². The molecule has 0 aliphatic carbocycles. The molecule has 2 aromatic rings. The van der Waals surface area contributed by atoms with E-state index in [1.807, 2.05) is 6.07 Å². The van der Waals surface area contributed by atoms with Crippen LogP contribution in [0, 0.1) is 0 Å². The molecule has 0 spiro atoms. The summed E-state index contributed by atoms with van der Waals surface area (Å²) in [5.74, 6) is -0.484. The Labute approximate surface area is 154 Å². The average molecular weight is 369 g/mol. The number of nitrogens with zero attached hydrogens (tertiary/aromatic N) is 1. The summed E-state index contributed by atoms with van der Waals surface area (Å²) < 4.78 is 9.99. The number of anilines is 1. The highest BCUT2D eigenvalue weighted by molar-refractivity contribution is 8.19. The molecular formula is C19H15NO5S. The number of esters is 1. The third kappa shape index (κ3) is 3.78. The Kier molecular flexibility index (Phi) is 5.38. The molecule has 0 bridgehead atoms. The van der Waals surface area contributed by atoms with Crippen molar-refractivity contribution >= 4 is 40.6 Å². The third-order valence-corrected chi connectivity index (χ3v) is 4.46. The Morgan fingerprint density at radius 1 is 1.08 bits per heavy atom. The van der Waals surface area contributed by atoms with Crippen LogP contribution in [0.25, 0.3) is 6.08 Å². The minimum atomic E-state index is -0.510. The number of benzene rings is 2. The van der Waals surface area contributed by atoms with Gasteiger partial charge in [0.05, 0.1) is 17.7 Å². The van der Waals surface area contributed by atoms with Crippen molar-refractivity contribution in [2.45, 2.75) is 0 Å². The minimum absolute atomic E-state index is 0.243. The van der Waals surface area contributed by atoms with Gasteiger partial charge in [0.25, 0.3) is 11.1 Å². The predicted molar refractivity (Wildman–Crippen MR) is 98.8 cm³/mol. The molecule has 1 saturated heterocycles. The van der Waals surface area contributed by atoms with Crippen molar-refractivity contribution in [3.05, 3.63) is 65.1 Å². The highest BCUT2D eigenvalue weighted by Crippen LogP contribution is 2.36. The number of para-hydroxylation sites is 2. The standard InChI is InChI=1S/C19H15NO5S/c1-24-17(21)12-25-15-10-6-5-7-13(15)11-16-18(22)20(19(23)26-16)14-8-3-2-4-9-14/h2-11H,12H2,1H3. The molecule has 1 aliphatic heterocycles. The van der Waals surface area contributed by atoms with Gasteiger partial charge in [-0.05, 0) is 36.0 Å². The number of methoxy groups -OCH3 is 1. The second-order valence-electron chi connectivity index (χ2n) is 5.26. The Bertz CT molecular complexity index is 879. The Balaban J connectivity index is 1.86. The van der Waals surface area contributed by atoms with Crippen LogP contribution in [-0.2, 0) is 14.3 Å². The number of rotatable bonds is 5.